The molecule has 1 saturated heterocycles. The van der Waals surface area contributed by atoms with Gasteiger partial charge in [-0.15, -0.1) is 5.73 Å². The van der Waals surface area contributed by atoms with E-state index in [9.17, 15) is 0 Å². The zero-order valence-corrected chi connectivity index (χ0v) is 16.4. The van der Waals surface area contributed by atoms with E-state index in [-0.39, 0.29) is 5.41 Å². The topological polar surface area (TPSA) is 3.24 Å². The Morgan fingerprint density at radius 2 is 2.12 bits per heavy atom. The number of hydrogen-bond acceptors (Lipinski definition) is 1. The highest BCUT2D eigenvalue weighted by molar-refractivity contribution is 5.39. The van der Waals surface area contributed by atoms with Crippen molar-refractivity contribution < 1.29 is 0 Å². The van der Waals surface area contributed by atoms with Crippen LogP contribution in [-0.4, -0.2) is 17.5 Å². The van der Waals surface area contributed by atoms with Crippen LogP contribution in [0.5, 0.6) is 0 Å². The van der Waals surface area contributed by atoms with Crippen molar-refractivity contribution in [1.82, 2.24) is 4.90 Å². The Balaban J connectivity index is 1.31. The zero-order valence-electron chi connectivity index (χ0n) is 16.4. The Morgan fingerprint density at radius 1 is 1.27 bits per heavy atom. The molecule has 4 atom stereocenters. The summed E-state index contributed by atoms with van der Waals surface area (Å²) in [5.74, 6) is 1.96. The van der Waals surface area contributed by atoms with Crippen LogP contribution in [0.2, 0.25) is 0 Å². The normalized spacial score (nSPS) is 47.4. The molecule has 1 aromatic rings. The van der Waals surface area contributed by atoms with Crippen LogP contribution in [0.25, 0.3) is 0 Å². The summed E-state index contributed by atoms with van der Waals surface area (Å²) < 4.78 is 0. The van der Waals surface area contributed by atoms with Crippen LogP contribution in [0.15, 0.2) is 42.3 Å². The van der Waals surface area contributed by atoms with E-state index in [4.69, 9.17) is 0 Å². The second-order valence-electron chi connectivity index (χ2n) is 10.6. The largest absolute Gasteiger partial charge is 0.365 e. The lowest BCUT2D eigenvalue weighted by Crippen LogP contribution is -2.55. The lowest BCUT2D eigenvalue weighted by atomic mass is 9.60. The molecule has 1 aromatic carbocycles. The summed E-state index contributed by atoms with van der Waals surface area (Å²) in [4.78, 5) is 2.82. The van der Waals surface area contributed by atoms with Gasteiger partial charge in [0.15, 0.2) is 0 Å². The molecule has 136 valence electrons. The molecule has 1 heterocycles. The van der Waals surface area contributed by atoms with Gasteiger partial charge in [0.2, 0.25) is 0 Å². The van der Waals surface area contributed by atoms with Gasteiger partial charge in [0.1, 0.15) is 0 Å². The van der Waals surface area contributed by atoms with E-state index < -0.39 is 0 Å². The maximum Gasteiger partial charge on any atom is 0.0624 e. The first-order chi connectivity index (χ1) is 12.5. The third kappa shape index (κ3) is 1.79. The maximum absolute atomic E-state index is 4.18. The third-order valence-electron chi connectivity index (χ3n) is 9.11. The van der Waals surface area contributed by atoms with E-state index in [1.54, 1.807) is 6.42 Å². The summed E-state index contributed by atoms with van der Waals surface area (Å²) in [5.41, 5.74) is 9.60. The molecule has 0 aromatic heterocycles. The second-order valence-corrected chi connectivity index (χ2v) is 10.6. The van der Waals surface area contributed by atoms with Gasteiger partial charge in [0, 0.05) is 18.0 Å². The van der Waals surface area contributed by atoms with Gasteiger partial charge in [-0.25, -0.2) is 0 Å². The molecule has 0 radical (unpaired) electrons. The molecule has 0 amide bonds. The molecule has 1 nitrogen and oxygen atoms in total. The quantitative estimate of drug-likeness (QED) is 0.654. The minimum Gasteiger partial charge on any atom is -0.365 e. The van der Waals surface area contributed by atoms with E-state index in [0.29, 0.717) is 0 Å². The molecule has 2 spiro atoms. The molecular formula is C25H31N. The van der Waals surface area contributed by atoms with Gasteiger partial charge in [0.25, 0.3) is 0 Å². The average Bonchev–Trinajstić information content (AvgIpc) is 3.43. The number of nitrogens with zero attached hydrogens (tertiary/aromatic N) is 1. The first kappa shape index (κ1) is 15.6. The molecule has 4 unspecified atom stereocenters. The smallest absolute Gasteiger partial charge is 0.0624 e. The van der Waals surface area contributed by atoms with Crippen LogP contribution in [0.3, 0.4) is 0 Å². The number of allylic oxidation sites excluding steroid dienone is 1. The predicted octanol–water partition coefficient (Wildman–Crippen LogP) is 5.50. The van der Waals surface area contributed by atoms with Gasteiger partial charge < -0.3 is 4.90 Å². The van der Waals surface area contributed by atoms with E-state index in [0.717, 1.165) is 35.1 Å². The summed E-state index contributed by atoms with van der Waals surface area (Å²) in [6.07, 6.45) is 9.88. The van der Waals surface area contributed by atoms with Gasteiger partial charge in [0.05, 0.1) is 5.70 Å². The minimum atomic E-state index is 0.192. The summed E-state index contributed by atoms with van der Waals surface area (Å²) >= 11 is 0. The summed E-state index contributed by atoms with van der Waals surface area (Å²) in [6, 6.07) is 9.89. The Labute approximate surface area is 158 Å². The van der Waals surface area contributed by atoms with Crippen molar-refractivity contribution in [2.45, 2.75) is 64.8 Å². The fourth-order valence-electron chi connectivity index (χ4n) is 7.96. The minimum absolute atomic E-state index is 0.192. The molecule has 5 aliphatic carbocycles. The highest BCUT2D eigenvalue weighted by Crippen LogP contribution is 2.94. The van der Waals surface area contributed by atoms with Crippen molar-refractivity contribution in [3.63, 3.8) is 0 Å². The molecule has 1 aliphatic heterocycles. The number of likely N-dealkylation sites (tertiary alicyclic amines) is 1. The predicted molar refractivity (Wildman–Crippen MR) is 106 cm³/mol. The van der Waals surface area contributed by atoms with Crippen molar-refractivity contribution in [1.29, 1.82) is 0 Å². The van der Waals surface area contributed by atoms with E-state index in [2.05, 4.69) is 55.3 Å². The van der Waals surface area contributed by atoms with E-state index in [1.165, 1.54) is 55.5 Å². The Morgan fingerprint density at radius 3 is 2.88 bits per heavy atom. The first-order valence-corrected chi connectivity index (χ1v) is 10.7. The van der Waals surface area contributed by atoms with Crippen LogP contribution < -0.4 is 0 Å². The lowest BCUT2D eigenvalue weighted by Gasteiger charge is -2.55. The van der Waals surface area contributed by atoms with Gasteiger partial charge in [-0.2, -0.15) is 0 Å². The van der Waals surface area contributed by atoms with Gasteiger partial charge in [-0.1, -0.05) is 43.3 Å². The molecule has 0 N–H and O–H groups in total. The third-order valence-corrected chi connectivity index (χ3v) is 9.11. The maximum atomic E-state index is 4.18. The fourth-order valence-corrected chi connectivity index (χ4v) is 7.96. The summed E-state index contributed by atoms with van der Waals surface area (Å²) in [7, 11) is 0. The van der Waals surface area contributed by atoms with Crippen molar-refractivity contribution in [2.75, 3.05) is 6.54 Å². The van der Waals surface area contributed by atoms with Gasteiger partial charge in [-0.3, -0.25) is 0 Å². The molecular weight excluding hydrogens is 314 g/mol. The van der Waals surface area contributed by atoms with Crippen molar-refractivity contribution in [3.05, 3.63) is 53.4 Å². The van der Waals surface area contributed by atoms with Crippen LogP contribution in [0, 0.1) is 35.0 Å². The lowest BCUT2D eigenvalue weighted by molar-refractivity contribution is -0.0183. The Kier molecular flexibility index (Phi) is 2.81. The van der Waals surface area contributed by atoms with Crippen LogP contribution in [0.1, 0.15) is 56.6 Å². The van der Waals surface area contributed by atoms with Crippen LogP contribution >= 0.6 is 0 Å². The Bertz CT molecular complexity index is 839. The van der Waals surface area contributed by atoms with E-state index in [1.807, 2.05) is 0 Å². The summed E-state index contributed by atoms with van der Waals surface area (Å²) in [5, 5.41) is 0. The van der Waals surface area contributed by atoms with Crippen molar-refractivity contribution in [2.24, 2.45) is 28.1 Å². The molecule has 1 heteroatoms. The second kappa shape index (κ2) is 4.68. The molecule has 5 saturated carbocycles. The Hall–Kier alpha value is -1.46. The highest BCUT2D eigenvalue weighted by Gasteiger charge is 2.88. The van der Waals surface area contributed by atoms with Crippen LogP contribution in [-0.2, 0) is 6.42 Å². The number of rotatable bonds is 3. The molecule has 26 heavy (non-hydrogen) atoms. The molecule has 6 fully saturated rings. The first-order valence-electron chi connectivity index (χ1n) is 10.7. The van der Waals surface area contributed by atoms with Crippen molar-refractivity contribution in [3.8, 4) is 0 Å². The van der Waals surface area contributed by atoms with E-state index >= 15 is 0 Å². The summed E-state index contributed by atoms with van der Waals surface area (Å²) in [6.45, 7) is 10.1. The SMILES string of the molecule is C=C=C1N(C2C3CC4(C3)CC43CC23)CCCC1(C)Cc1cccc(C)c1. The number of piperidine rings is 1. The monoisotopic (exact) mass is 345 g/mol. The number of benzene rings is 1. The van der Waals surface area contributed by atoms with Crippen LogP contribution in [0.4, 0.5) is 0 Å². The average molecular weight is 346 g/mol. The standard InChI is InChI=1S/C25H31N/c1-4-21-23(3,12-18-8-5-7-17(2)11-18)9-6-10-26(21)22-19-13-24(14-19)16-25(24)15-20(22)25/h5,7-8,11,19-20,22H,1,6,9-10,12-16H2,2-3H3. The van der Waals surface area contributed by atoms with Gasteiger partial charge in [-0.05, 0) is 80.1 Å². The number of hydrogen-bond donors (Lipinski definition) is 0. The van der Waals surface area contributed by atoms with Gasteiger partial charge >= 0.3 is 0 Å². The molecule has 7 rings (SSSR count). The molecule has 6 aliphatic rings. The highest BCUT2D eigenvalue weighted by atomic mass is 15.2. The zero-order chi connectivity index (χ0) is 17.7. The molecule has 2 bridgehead atoms. The van der Waals surface area contributed by atoms with Crippen molar-refractivity contribution >= 4 is 0 Å². The number of aryl methyl sites for hydroxylation is 1. The fraction of sp³-hybridized carbons (Fsp3) is 0.640.